The van der Waals surface area contributed by atoms with Gasteiger partial charge in [-0.05, 0) is 49.4 Å². The molecule has 0 radical (unpaired) electrons. The number of hydrogen-bond donors (Lipinski definition) is 1. The van der Waals surface area contributed by atoms with Crippen molar-refractivity contribution in [2.24, 2.45) is 5.10 Å². The van der Waals surface area contributed by atoms with Crippen molar-refractivity contribution >= 4 is 41.2 Å². The average Bonchev–Trinajstić information content (AvgIpc) is 3.28. The number of para-hydroxylation sites is 1. The number of halogens is 1. The van der Waals surface area contributed by atoms with Gasteiger partial charge in [0.25, 0.3) is 11.6 Å². The second-order valence-corrected chi connectivity index (χ2v) is 8.76. The monoisotopic (exact) mass is 506 g/mol. The van der Waals surface area contributed by atoms with Crippen molar-refractivity contribution in [2.75, 3.05) is 5.75 Å². The lowest BCUT2D eigenvalue weighted by atomic mass is 10.2. The molecule has 4 aromatic rings. The lowest BCUT2D eigenvalue weighted by Gasteiger charge is -2.10. The van der Waals surface area contributed by atoms with Crippen molar-refractivity contribution in [1.82, 2.24) is 20.2 Å². The van der Waals surface area contributed by atoms with E-state index in [1.807, 2.05) is 47.9 Å². The van der Waals surface area contributed by atoms with E-state index in [1.54, 1.807) is 30.3 Å². The quantitative estimate of drug-likeness (QED) is 0.155. The summed E-state index contributed by atoms with van der Waals surface area (Å²) >= 11 is 7.23. The second kappa shape index (κ2) is 10.9. The number of nitro benzene ring substituents is 1. The molecule has 9 nitrogen and oxygen atoms in total. The predicted octanol–water partition coefficient (Wildman–Crippen LogP) is 5.05. The number of nitro groups is 1. The molecule has 0 saturated carbocycles. The van der Waals surface area contributed by atoms with Gasteiger partial charge in [0.2, 0.25) is 0 Å². The van der Waals surface area contributed by atoms with Gasteiger partial charge in [0.1, 0.15) is 0 Å². The maximum absolute atomic E-state index is 12.4. The van der Waals surface area contributed by atoms with Gasteiger partial charge in [-0.3, -0.25) is 19.5 Å². The Labute approximate surface area is 210 Å². The van der Waals surface area contributed by atoms with Crippen LogP contribution < -0.4 is 5.43 Å². The maximum Gasteiger partial charge on any atom is 0.278 e. The van der Waals surface area contributed by atoms with E-state index >= 15 is 0 Å². The zero-order valence-electron chi connectivity index (χ0n) is 18.5. The minimum atomic E-state index is -0.505. The Bertz CT molecular complexity index is 1390. The lowest BCUT2D eigenvalue weighted by Crippen LogP contribution is -2.20. The van der Waals surface area contributed by atoms with E-state index in [4.69, 9.17) is 11.6 Å². The Kier molecular flexibility index (Phi) is 7.54. The molecule has 3 aromatic carbocycles. The number of benzene rings is 3. The number of hydrogen-bond acceptors (Lipinski definition) is 7. The molecule has 176 valence electrons. The van der Waals surface area contributed by atoms with Crippen LogP contribution in [0.3, 0.4) is 0 Å². The summed E-state index contributed by atoms with van der Waals surface area (Å²) in [6.07, 6.45) is 1.24. The number of carbonyl (C=O) groups excluding carboxylic acids is 1. The Hall–Kier alpha value is -4.02. The molecule has 0 aliphatic heterocycles. The first-order chi connectivity index (χ1) is 16.9. The first-order valence-electron chi connectivity index (χ1n) is 10.4. The third kappa shape index (κ3) is 5.92. The molecule has 1 amide bonds. The molecule has 0 saturated heterocycles. The number of aromatic nitrogens is 3. The molecule has 1 N–H and O–H groups in total. The first-order valence-corrected chi connectivity index (χ1v) is 11.8. The highest BCUT2D eigenvalue weighted by Crippen LogP contribution is 2.29. The highest BCUT2D eigenvalue weighted by Gasteiger charge is 2.17. The van der Waals surface area contributed by atoms with Crippen molar-refractivity contribution in [2.45, 2.75) is 12.1 Å². The fourth-order valence-electron chi connectivity index (χ4n) is 3.18. The molecule has 35 heavy (non-hydrogen) atoms. The molecule has 0 aliphatic rings. The Morgan fingerprint density at radius 3 is 2.54 bits per heavy atom. The number of nitrogens with zero attached hydrogens (tertiary/aromatic N) is 5. The van der Waals surface area contributed by atoms with Gasteiger partial charge in [-0.1, -0.05) is 53.2 Å². The molecule has 11 heteroatoms. The van der Waals surface area contributed by atoms with Gasteiger partial charge >= 0.3 is 0 Å². The number of thioether (sulfide) groups is 1. The van der Waals surface area contributed by atoms with Crippen LogP contribution in [-0.2, 0) is 4.79 Å². The third-order valence-electron chi connectivity index (χ3n) is 4.89. The summed E-state index contributed by atoms with van der Waals surface area (Å²) in [7, 11) is 0. The van der Waals surface area contributed by atoms with Gasteiger partial charge in [-0.15, -0.1) is 10.2 Å². The normalized spacial score (nSPS) is 11.0. The SMILES string of the molecule is Cc1ccc(-n2c(SCC(=O)N/N=C\c3ccccc3[N+](=O)[O-])nnc2-c2ccc(Cl)cc2)cc1. The van der Waals surface area contributed by atoms with Gasteiger partial charge in [0.15, 0.2) is 11.0 Å². The highest BCUT2D eigenvalue weighted by molar-refractivity contribution is 7.99. The fourth-order valence-corrected chi connectivity index (χ4v) is 4.05. The minimum absolute atomic E-state index is 0.0127. The fraction of sp³-hybridized carbons (Fsp3) is 0.0833. The first kappa shape index (κ1) is 24.1. The molecule has 1 aromatic heterocycles. The second-order valence-electron chi connectivity index (χ2n) is 7.38. The number of nitrogens with one attached hydrogen (secondary N) is 1. The Morgan fingerprint density at radius 2 is 1.83 bits per heavy atom. The van der Waals surface area contributed by atoms with E-state index in [2.05, 4.69) is 20.7 Å². The molecule has 1 heterocycles. The van der Waals surface area contributed by atoms with Crippen molar-refractivity contribution in [3.05, 3.63) is 99.1 Å². The van der Waals surface area contributed by atoms with Crippen LogP contribution in [0.2, 0.25) is 5.02 Å². The van der Waals surface area contributed by atoms with Gasteiger partial charge in [-0.2, -0.15) is 5.10 Å². The average molecular weight is 507 g/mol. The van der Waals surface area contributed by atoms with Crippen molar-refractivity contribution in [3.8, 4) is 17.1 Å². The number of aryl methyl sites for hydroxylation is 1. The Balaban J connectivity index is 1.51. The smallest absolute Gasteiger partial charge is 0.272 e. The van der Waals surface area contributed by atoms with Gasteiger partial charge in [0, 0.05) is 22.3 Å². The number of rotatable bonds is 8. The standard InChI is InChI=1S/C24H19ClN6O3S/c1-16-6-12-20(13-7-16)30-23(17-8-10-19(25)11-9-17)28-29-24(30)35-15-22(32)27-26-14-18-4-2-3-5-21(18)31(33)34/h2-14H,15H2,1H3,(H,27,32)/b26-14-. The van der Waals surface area contributed by atoms with Crippen LogP contribution in [-0.4, -0.2) is 37.6 Å². The summed E-state index contributed by atoms with van der Waals surface area (Å²) in [5, 5.41) is 24.7. The summed E-state index contributed by atoms with van der Waals surface area (Å²) < 4.78 is 1.87. The van der Waals surface area contributed by atoms with E-state index < -0.39 is 10.8 Å². The van der Waals surface area contributed by atoms with Crippen LogP contribution in [0, 0.1) is 17.0 Å². The van der Waals surface area contributed by atoms with Crippen LogP contribution in [0.4, 0.5) is 5.69 Å². The molecule has 0 spiro atoms. The molecular formula is C24H19ClN6O3S. The van der Waals surface area contributed by atoms with Crippen molar-refractivity contribution in [1.29, 1.82) is 0 Å². The lowest BCUT2D eigenvalue weighted by molar-refractivity contribution is -0.385. The molecule has 0 bridgehead atoms. The molecule has 0 fully saturated rings. The third-order valence-corrected chi connectivity index (χ3v) is 6.07. The van der Waals surface area contributed by atoms with Gasteiger partial charge < -0.3 is 0 Å². The van der Waals surface area contributed by atoms with E-state index in [-0.39, 0.29) is 17.0 Å². The van der Waals surface area contributed by atoms with Crippen LogP contribution in [0.25, 0.3) is 17.1 Å². The van der Waals surface area contributed by atoms with E-state index in [0.717, 1.165) is 16.8 Å². The molecule has 0 aliphatic carbocycles. The van der Waals surface area contributed by atoms with E-state index in [1.165, 1.54) is 24.0 Å². The van der Waals surface area contributed by atoms with Crippen molar-refractivity contribution in [3.63, 3.8) is 0 Å². The van der Waals surface area contributed by atoms with Crippen LogP contribution in [0.15, 0.2) is 83.1 Å². The largest absolute Gasteiger partial charge is 0.278 e. The Morgan fingerprint density at radius 1 is 1.11 bits per heavy atom. The van der Waals surface area contributed by atoms with E-state index in [0.29, 0.717) is 16.0 Å². The van der Waals surface area contributed by atoms with E-state index in [9.17, 15) is 14.9 Å². The number of carbonyl (C=O) groups is 1. The topological polar surface area (TPSA) is 115 Å². The molecule has 4 rings (SSSR count). The molecule has 0 unspecified atom stereocenters. The minimum Gasteiger partial charge on any atom is -0.272 e. The number of hydrazone groups is 1. The predicted molar refractivity (Wildman–Crippen MR) is 136 cm³/mol. The summed E-state index contributed by atoms with van der Waals surface area (Å²) in [5.74, 6) is 0.234. The molecular weight excluding hydrogens is 488 g/mol. The zero-order valence-corrected chi connectivity index (χ0v) is 20.0. The molecule has 0 atom stereocenters. The summed E-state index contributed by atoms with van der Waals surface area (Å²) in [4.78, 5) is 23.0. The van der Waals surface area contributed by atoms with Crippen molar-refractivity contribution < 1.29 is 9.72 Å². The summed E-state index contributed by atoms with van der Waals surface area (Å²) in [6.45, 7) is 2.00. The maximum atomic E-state index is 12.4. The number of amides is 1. The van der Waals surface area contributed by atoms with Crippen LogP contribution in [0.5, 0.6) is 0 Å². The van der Waals surface area contributed by atoms with Gasteiger partial charge in [0.05, 0.1) is 22.5 Å². The summed E-state index contributed by atoms with van der Waals surface area (Å²) in [6, 6.07) is 21.3. The van der Waals surface area contributed by atoms with Crippen LogP contribution in [0.1, 0.15) is 11.1 Å². The summed E-state index contributed by atoms with van der Waals surface area (Å²) in [5.41, 5.74) is 5.37. The zero-order chi connectivity index (χ0) is 24.8. The van der Waals surface area contributed by atoms with Crippen LogP contribution >= 0.6 is 23.4 Å². The highest BCUT2D eigenvalue weighted by atomic mass is 35.5. The van der Waals surface area contributed by atoms with Gasteiger partial charge in [-0.25, -0.2) is 5.43 Å².